The van der Waals surface area contributed by atoms with Crippen LogP contribution in [-0.4, -0.2) is 36.4 Å². The van der Waals surface area contributed by atoms with Crippen molar-refractivity contribution in [2.24, 2.45) is 5.92 Å². The number of benzene rings is 1. The van der Waals surface area contributed by atoms with E-state index in [4.69, 9.17) is 0 Å². The van der Waals surface area contributed by atoms with Crippen molar-refractivity contribution in [2.75, 3.05) is 18.0 Å². The Bertz CT molecular complexity index is 476. The summed E-state index contributed by atoms with van der Waals surface area (Å²) >= 11 is 0. The zero-order chi connectivity index (χ0) is 15.5. The Kier molecular flexibility index (Phi) is 5.04. The highest BCUT2D eigenvalue weighted by Crippen LogP contribution is 2.32. The van der Waals surface area contributed by atoms with Gasteiger partial charge in [0, 0.05) is 30.9 Å². The van der Waals surface area contributed by atoms with Gasteiger partial charge in [-0.1, -0.05) is 19.1 Å². The van der Waals surface area contributed by atoms with Gasteiger partial charge in [0.2, 0.25) is 0 Å². The topological polar surface area (TPSA) is 35.5 Å². The van der Waals surface area contributed by atoms with Crippen molar-refractivity contribution in [1.29, 1.82) is 0 Å². The fraction of sp³-hybridized carbons (Fsp3) is 0.684. The Labute approximate surface area is 134 Å². The van der Waals surface area contributed by atoms with Crippen molar-refractivity contribution in [2.45, 2.75) is 64.1 Å². The molecule has 1 aromatic carbocycles. The summed E-state index contributed by atoms with van der Waals surface area (Å²) in [6, 6.07) is 10.1. The summed E-state index contributed by atoms with van der Waals surface area (Å²) in [6.45, 7) is 6.72. The largest absolute Gasteiger partial charge is 0.393 e. The van der Waals surface area contributed by atoms with E-state index in [1.54, 1.807) is 0 Å². The van der Waals surface area contributed by atoms with E-state index in [1.807, 2.05) is 0 Å². The molecule has 1 saturated heterocycles. The van der Waals surface area contributed by atoms with Crippen LogP contribution >= 0.6 is 0 Å². The first-order valence-corrected chi connectivity index (χ1v) is 8.91. The number of piperidine rings is 1. The van der Waals surface area contributed by atoms with Gasteiger partial charge >= 0.3 is 0 Å². The number of rotatable bonds is 5. The second-order valence-corrected chi connectivity index (χ2v) is 7.17. The molecular formula is C19H30N2O. The Balaban J connectivity index is 1.49. The van der Waals surface area contributed by atoms with Crippen LogP contribution in [0.25, 0.3) is 0 Å². The molecule has 1 unspecified atom stereocenters. The number of aliphatic hydroxyl groups excluding tert-OH is 1. The first kappa shape index (κ1) is 15.8. The lowest BCUT2D eigenvalue weighted by molar-refractivity contribution is 0.0209. The Morgan fingerprint density at radius 3 is 2.59 bits per heavy atom. The lowest BCUT2D eigenvalue weighted by Gasteiger charge is -2.41. The lowest BCUT2D eigenvalue weighted by Crippen LogP contribution is -2.51. The minimum Gasteiger partial charge on any atom is -0.393 e. The average molecular weight is 302 g/mol. The maximum absolute atomic E-state index is 9.52. The van der Waals surface area contributed by atoms with Gasteiger partial charge in [0.05, 0.1) is 6.10 Å². The summed E-state index contributed by atoms with van der Waals surface area (Å²) in [5, 5.41) is 13.4. The molecule has 1 aliphatic carbocycles. The molecule has 1 atom stereocenters. The zero-order valence-electron chi connectivity index (χ0n) is 14.0. The maximum Gasteiger partial charge on any atom is 0.0546 e. The maximum atomic E-state index is 9.52. The SMILES string of the molecule is CCC(NC1CCN(c2cccc(C)c2)CC1)C1CC(O)C1. The lowest BCUT2D eigenvalue weighted by atomic mass is 9.76. The van der Waals surface area contributed by atoms with Gasteiger partial charge in [-0.15, -0.1) is 0 Å². The van der Waals surface area contributed by atoms with E-state index in [1.165, 1.54) is 30.5 Å². The van der Waals surface area contributed by atoms with Gasteiger partial charge in [0.15, 0.2) is 0 Å². The normalized spacial score (nSPS) is 27.5. The minimum absolute atomic E-state index is 0.0379. The number of aryl methyl sites for hydroxylation is 1. The molecule has 1 aromatic rings. The molecule has 0 aromatic heterocycles. The molecule has 3 heteroatoms. The van der Waals surface area contributed by atoms with Gasteiger partial charge in [0.25, 0.3) is 0 Å². The summed E-state index contributed by atoms with van der Waals surface area (Å²) in [7, 11) is 0. The van der Waals surface area contributed by atoms with Crippen LogP contribution in [0.4, 0.5) is 5.69 Å². The molecule has 1 heterocycles. The Morgan fingerprint density at radius 1 is 1.27 bits per heavy atom. The van der Waals surface area contributed by atoms with Crippen LogP contribution in [0.1, 0.15) is 44.6 Å². The van der Waals surface area contributed by atoms with E-state index in [0.717, 1.165) is 25.9 Å². The van der Waals surface area contributed by atoms with E-state index >= 15 is 0 Å². The number of nitrogens with zero attached hydrogens (tertiary/aromatic N) is 1. The fourth-order valence-corrected chi connectivity index (χ4v) is 3.98. The van der Waals surface area contributed by atoms with Crippen LogP contribution in [0.5, 0.6) is 0 Å². The molecule has 22 heavy (non-hydrogen) atoms. The van der Waals surface area contributed by atoms with Crippen molar-refractivity contribution < 1.29 is 5.11 Å². The van der Waals surface area contributed by atoms with E-state index in [0.29, 0.717) is 18.0 Å². The molecule has 0 amide bonds. The van der Waals surface area contributed by atoms with E-state index in [-0.39, 0.29) is 6.10 Å². The minimum atomic E-state index is -0.0379. The molecule has 1 saturated carbocycles. The van der Waals surface area contributed by atoms with Crippen LogP contribution < -0.4 is 10.2 Å². The van der Waals surface area contributed by atoms with Crippen molar-refractivity contribution >= 4 is 5.69 Å². The van der Waals surface area contributed by atoms with Gasteiger partial charge < -0.3 is 15.3 Å². The smallest absolute Gasteiger partial charge is 0.0546 e. The third kappa shape index (κ3) is 3.64. The van der Waals surface area contributed by atoms with Gasteiger partial charge in [-0.3, -0.25) is 0 Å². The van der Waals surface area contributed by atoms with Crippen molar-refractivity contribution in [3.05, 3.63) is 29.8 Å². The molecule has 0 radical (unpaired) electrons. The number of nitrogens with one attached hydrogen (secondary N) is 1. The van der Waals surface area contributed by atoms with Crippen molar-refractivity contribution in [3.63, 3.8) is 0 Å². The standard InChI is InChI=1S/C19H30N2O/c1-3-19(15-12-18(22)13-15)20-16-7-9-21(10-8-16)17-6-4-5-14(2)11-17/h4-6,11,15-16,18-20,22H,3,7-10,12-13H2,1-2H3. The number of aliphatic hydroxyl groups is 1. The molecule has 3 nitrogen and oxygen atoms in total. The van der Waals surface area contributed by atoms with Crippen LogP contribution in [0.2, 0.25) is 0 Å². The van der Waals surface area contributed by atoms with Crippen LogP contribution in [0.15, 0.2) is 24.3 Å². The fourth-order valence-electron chi connectivity index (χ4n) is 3.98. The summed E-state index contributed by atoms with van der Waals surface area (Å²) < 4.78 is 0. The molecule has 3 rings (SSSR count). The van der Waals surface area contributed by atoms with Crippen molar-refractivity contribution in [1.82, 2.24) is 5.32 Å². The molecule has 0 spiro atoms. The molecule has 122 valence electrons. The first-order chi connectivity index (χ1) is 10.7. The van der Waals surface area contributed by atoms with Crippen LogP contribution in [-0.2, 0) is 0 Å². The van der Waals surface area contributed by atoms with E-state index in [2.05, 4.69) is 48.3 Å². The highest BCUT2D eigenvalue weighted by molar-refractivity contribution is 5.48. The monoisotopic (exact) mass is 302 g/mol. The second-order valence-electron chi connectivity index (χ2n) is 7.17. The van der Waals surface area contributed by atoms with E-state index < -0.39 is 0 Å². The molecule has 0 bridgehead atoms. The van der Waals surface area contributed by atoms with Gasteiger partial charge in [-0.2, -0.15) is 0 Å². The zero-order valence-corrected chi connectivity index (χ0v) is 14.0. The predicted molar refractivity (Wildman–Crippen MR) is 92.4 cm³/mol. The summed E-state index contributed by atoms with van der Waals surface area (Å²) in [4.78, 5) is 2.51. The van der Waals surface area contributed by atoms with Crippen LogP contribution in [0, 0.1) is 12.8 Å². The van der Waals surface area contributed by atoms with Gasteiger partial charge in [-0.05, 0) is 62.6 Å². The Hall–Kier alpha value is -1.06. The molecule has 1 aliphatic heterocycles. The molecule has 2 fully saturated rings. The predicted octanol–water partition coefficient (Wildman–Crippen LogP) is 3.10. The third-order valence-corrected chi connectivity index (χ3v) is 5.47. The summed E-state index contributed by atoms with van der Waals surface area (Å²) in [5.74, 6) is 0.690. The highest BCUT2D eigenvalue weighted by Gasteiger charge is 2.34. The number of anilines is 1. The second kappa shape index (κ2) is 7.01. The van der Waals surface area contributed by atoms with Gasteiger partial charge in [-0.25, -0.2) is 0 Å². The quantitative estimate of drug-likeness (QED) is 0.877. The van der Waals surface area contributed by atoms with Crippen molar-refractivity contribution in [3.8, 4) is 0 Å². The molecular weight excluding hydrogens is 272 g/mol. The number of hydrogen-bond acceptors (Lipinski definition) is 3. The average Bonchev–Trinajstić information content (AvgIpc) is 2.50. The summed E-state index contributed by atoms with van der Waals surface area (Å²) in [6.07, 6.45) is 5.57. The van der Waals surface area contributed by atoms with Gasteiger partial charge in [0.1, 0.15) is 0 Å². The number of hydrogen-bond donors (Lipinski definition) is 2. The summed E-state index contributed by atoms with van der Waals surface area (Å²) in [5.41, 5.74) is 2.71. The van der Waals surface area contributed by atoms with E-state index in [9.17, 15) is 5.11 Å². The van der Waals surface area contributed by atoms with Crippen LogP contribution in [0.3, 0.4) is 0 Å². The molecule has 2 N–H and O–H groups in total. The highest BCUT2D eigenvalue weighted by atomic mass is 16.3. The third-order valence-electron chi connectivity index (χ3n) is 5.47. The Morgan fingerprint density at radius 2 is 2.00 bits per heavy atom. The molecule has 2 aliphatic rings. The first-order valence-electron chi connectivity index (χ1n) is 8.91.